The molecule has 19 heavy (non-hydrogen) atoms. The number of nitrogens with two attached hydrogens (primary N) is 2. The molecule has 6 nitrogen and oxygen atoms in total. The van der Waals surface area contributed by atoms with Gasteiger partial charge in [-0.2, -0.15) is 0 Å². The summed E-state index contributed by atoms with van der Waals surface area (Å²) >= 11 is 0. The highest BCUT2D eigenvalue weighted by molar-refractivity contribution is 14.0. The van der Waals surface area contributed by atoms with Gasteiger partial charge in [0.2, 0.25) is 5.91 Å². The minimum Gasteiger partial charge on any atom is -0.381 e. The van der Waals surface area contributed by atoms with Gasteiger partial charge in [-0.05, 0) is 19.8 Å². The maximum Gasteiger partial charge on any atom is 0.225 e. The largest absolute Gasteiger partial charge is 0.381 e. The summed E-state index contributed by atoms with van der Waals surface area (Å²) in [7, 11) is 0. The first-order valence-electron chi connectivity index (χ1n) is 6.02. The lowest BCUT2D eigenvalue weighted by Gasteiger charge is -2.32. The standard InChI is InChI=1S/C12H22N4O2.HI/c1-9(2)7-15-11(14)16-8-12(10(13)17)3-5-18-6-4-12;/h1,3-8H2,2H3,(H2,13,17)(H3,14,15,16);1H. The summed E-state index contributed by atoms with van der Waals surface area (Å²) in [6.07, 6.45) is 1.19. The van der Waals surface area contributed by atoms with Crippen LogP contribution in [0.5, 0.6) is 0 Å². The van der Waals surface area contributed by atoms with Crippen LogP contribution in [-0.2, 0) is 9.53 Å². The molecule has 0 atom stereocenters. The Morgan fingerprint density at radius 1 is 1.42 bits per heavy atom. The molecule has 0 unspecified atom stereocenters. The van der Waals surface area contributed by atoms with Crippen LogP contribution in [0.3, 0.4) is 0 Å². The second-order valence-electron chi connectivity index (χ2n) is 4.77. The van der Waals surface area contributed by atoms with Gasteiger partial charge < -0.3 is 21.5 Å². The van der Waals surface area contributed by atoms with E-state index in [-0.39, 0.29) is 29.9 Å². The van der Waals surface area contributed by atoms with Crippen LogP contribution < -0.4 is 16.8 Å². The van der Waals surface area contributed by atoms with Gasteiger partial charge in [-0.1, -0.05) is 12.2 Å². The first kappa shape index (κ1) is 18.2. The van der Waals surface area contributed by atoms with Gasteiger partial charge in [0.15, 0.2) is 5.96 Å². The smallest absolute Gasteiger partial charge is 0.225 e. The van der Waals surface area contributed by atoms with E-state index in [1.165, 1.54) is 0 Å². The Balaban J connectivity index is 0.00000324. The number of amides is 1. The molecule has 1 amide bonds. The SMILES string of the molecule is C=C(C)CNC(N)=NCC1(C(N)=O)CCOCC1.I. The molecule has 0 bridgehead atoms. The van der Waals surface area contributed by atoms with Crippen LogP contribution >= 0.6 is 24.0 Å². The van der Waals surface area contributed by atoms with Gasteiger partial charge in [-0.15, -0.1) is 24.0 Å². The Morgan fingerprint density at radius 3 is 2.47 bits per heavy atom. The molecular formula is C12H23IN4O2. The van der Waals surface area contributed by atoms with E-state index in [4.69, 9.17) is 16.2 Å². The van der Waals surface area contributed by atoms with Gasteiger partial charge in [0, 0.05) is 19.8 Å². The Bertz CT molecular complexity index is 352. The second-order valence-corrected chi connectivity index (χ2v) is 4.77. The van der Waals surface area contributed by atoms with Crippen molar-refractivity contribution in [2.24, 2.45) is 21.9 Å². The summed E-state index contributed by atoms with van der Waals surface area (Å²) in [4.78, 5) is 15.8. The van der Waals surface area contributed by atoms with Gasteiger partial charge in [0.25, 0.3) is 0 Å². The number of carbonyl (C=O) groups is 1. The van der Waals surface area contributed by atoms with Crippen LogP contribution in [0, 0.1) is 5.41 Å². The van der Waals surface area contributed by atoms with Gasteiger partial charge in [-0.3, -0.25) is 9.79 Å². The van der Waals surface area contributed by atoms with Crippen molar-refractivity contribution in [1.29, 1.82) is 0 Å². The van der Waals surface area contributed by atoms with Crippen molar-refractivity contribution in [3.63, 3.8) is 0 Å². The number of nitrogens with one attached hydrogen (secondary N) is 1. The van der Waals surface area contributed by atoms with Crippen LogP contribution in [0.25, 0.3) is 0 Å². The summed E-state index contributed by atoms with van der Waals surface area (Å²) < 4.78 is 5.25. The molecule has 0 spiro atoms. The third kappa shape index (κ3) is 5.77. The highest BCUT2D eigenvalue weighted by atomic mass is 127. The molecule has 5 N–H and O–H groups in total. The molecule has 1 aliphatic heterocycles. The van der Waals surface area contributed by atoms with E-state index in [1.807, 2.05) is 6.92 Å². The van der Waals surface area contributed by atoms with Crippen molar-refractivity contribution in [1.82, 2.24) is 5.32 Å². The number of hydrogen-bond acceptors (Lipinski definition) is 3. The monoisotopic (exact) mass is 382 g/mol. The summed E-state index contributed by atoms with van der Waals surface area (Å²) in [6.45, 7) is 7.60. The lowest BCUT2D eigenvalue weighted by atomic mass is 9.79. The molecule has 1 saturated heterocycles. The molecule has 110 valence electrons. The number of ether oxygens (including phenoxy) is 1. The average Bonchev–Trinajstić information content (AvgIpc) is 2.34. The molecule has 1 heterocycles. The quantitative estimate of drug-likeness (QED) is 0.277. The fraction of sp³-hybridized carbons (Fsp3) is 0.667. The maximum absolute atomic E-state index is 11.6. The minimum atomic E-state index is -0.617. The van der Waals surface area contributed by atoms with E-state index in [2.05, 4.69) is 16.9 Å². The van der Waals surface area contributed by atoms with Gasteiger partial charge >= 0.3 is 0 Å². The minimum absolute atomic E-state index is 0. The van der Waals surface area contributed by atoms with Gasteiger partial charge in [0.05, 0.1) is 12.0 Å². The zero-order chi connectivity index (χ0) is 13.6. The number of halogens is 1. The summed E-state index contributed by atoms with van der Waals surface area (Å²) in [5, 5.41) is 2.92. The third-order valence-corrected chi connectivity index (χ3v) is 3.10. The van der Waals surface area contributed by atoms with Crippen LogP contribution in [0.1, 0.15) is 19.8 Å². The highest BCUT2D eigenvalue weighted by Gasteiger charge is 2.38. The van der Waals surface area contributed by atoms with E-state index in [0.717, 1.165) is 5.57 Å². The Hall–Kier alpha value is -0.830. The van der Waals surface area contributed by atoms with Crippen LogP contribution in [-0.4, -0.2) is 38.2 Å². The fourth-order valence-corrected chi connectivity index (χ4v) is 1.78. The van der Waals surface area contributed by atoms with Crippen molar-refractivity contribution < 1.29 is 9.53 Å². The van der Waals surface area contributed by atoms with E-state index < -0.39 is 5.41 Å². The molecule has 1 rings (SSSR count). The topological polar surface area (TPSA) is 103 Å². The summed E-state index contributed by atoms with van der Waals surface area (Å²) in [6, 6.07) is 0. The fourth-order valence-electron chi connectivity index (χ4n) is 1.78. The summed E-state index contributed by atoms with van der Waals surface area (Å²) in [5.41, 5.74) is 11.5. The Kier molecular flexibility index (Phi) is 8.00. The lowest BCUT2D eigenvalue weighted by Crippen LogP contribution is -2.45. The number of guanidine groups is 1. The summed E-state index contributed by atoms with van der Waals surface area (Å²) in [5.74, 6) is -0.0210. The van der Waals surface area contributed by atoms with Crippen LogP contribution in [0.15, 0.2) is 17.1 Å². The molecule has 0 radical (unpaired) electrons. The molecule has 0 saturated carbocycles. The number of rotatable bonds is 5. The van der Waals surface area contributed by atoms with E-state index in [1.54, 1.807) is 0 Å². The van der Waals surface area contributed by atoms with Crippen molar-refractivity contribution in [2.75, 3.05) is 26.3 Å². The van der Waals surface area contributed by atoms with Crippen molar-refractivity contribution >= 4 is 35.8 Å². The van der Waals surface area contributed by atoms with Gasteiger partial charge in [-0.25, -0.2) is 0 Å². The number of hydrogen-bond donors (Lipinski definition) is 3. The van der Waals surface area contributed by atoms with E-state index in [0.29, 0.717) is 45.1 Å². The molecule has 0 aromatic rings. The second kappa shape index (κ2) is 8.36. The molecule has 7 heteroatoms. The number of nitrogens with zero attached hydrogens (tertiary/aromatic N) is 1. The molecular weight excluding hydrogens is 359 g/mol. The molecule has 1 aliphatic rings. The zero-order valence-corrected chi connectivity index (χ0v) is 13.6. The first-order chi connectivity index (χ1) is 8.46. The molecule has 1 fully saturated rings. The number of primary amides is 1. The predicted molar refractivity (Wildman–Crippen MR) is 86.4 cm³/mol. The molecule has 0 aromatic carbocycles. The van der Waals surface area contributed by atoms with E-state index >= 15 is 0 Å². The van der Waals surface area contributed by atoms with Crippen LogP contribution in [0.4, 0.5) is 0 Å². The van der Waals surface area contributed by atoms with Crippen molar-refractivity contribution in [3.8, 4) is 0 Å². The van der Waals surface area contributed by atoms with E-state index in [9.17, 15) is 4.79 Å². The zero-order valence-electron chi connectivity index (χ0n) is 11.3. The predicted octanol–water partition coefficient (Wildman–Crippen LogP) is 0.367. The van der Waals surface area contributed by atoms with Gasteiger partial charge in [0.1, 0.15) is 0 Å². The number of carbonyl (C=O) groups excluding carboxylic acids is 1. The third-order valence-electron chi connectivity index (χ3n) is 3.10. The Labute approximate surface area is 131 Å². The average molecular weight is 382 g/mol. The Morgan fingerprint density at radius 2 is 2.00 bits per heavy atom. The van der Waals surface area contributed by atoms with Crippen LogP contribution in [0.2, 0.25) is 0 Å². The molecule has 0 aliphatic carbocycles. The number of aliphatic imine (C=N–C) groups is 1. The molecule has 0 aromatic heterocycles. The van der Waals surface area contributed by atoms with Crippen molar-refractivity contribution in [2.45, 2.75) is 19.8 Å². The normalized spacial score (nSPS) is 18.3. The highest BCUT2D eigenvalue weighted by Crippen LogP contribution is 2.30. The maximum atomic E-state index is 11.6. The first-order valence-corrected chi connectivity index (χ1v) is 6.02. The van der Waals surface area contributed by atoms with Crippen molar-refractivity contribution in [3.05, 3.63) is 12.2 Å². The lowest BCUT2D eigenvalue weighted by molar-refractivity contribution is -0.132.